The molecule has 0 spiro atoms. The van der Waals surface area contributed by atoms with E-state index in [-0.39, 0.29) is 0 Å². The minimum absolute atomic E-state index is 0.412. The summed E-state index contributed by atoms with van der Waals surface area (Å²) in [5.41, 5.74) is -0.491. The second-order valence-corrected chi connectivity index (χ2v) is 8.99. The number of aromatic nitrogens is 1. The van der Waals surface area contributed by atoms with Crippen LogP contribution in [0.15, 0.2) is 57.9 Å². The number of carbonyl (C=O) groups is 1. The van der Waals surface area contributed by atoms with Gasteiger partial charge >= 0.3 is 6.09 Å². The summed E-state index contributed by atoms with van der Waals surface area (Å²) in [6, 6.07) is 14.7. The summed E-state index contributed by atoms with van der Waals surface area (Å²) in [5, 5.41) is 5.21. The van der Waals surface area contributed by atoms with E-state index in [4.69, 9.17) is 4.74 Å². The van der Waals surface area contributed by atoms with Gasteiger partial charge in [-0.15, -0.1) is 11.3 Å². The number of nitrogens with zero attached hydrogens (tertiary/aromatic N) is 1. The number of thiazole rings is 1. The van der Waals surface area contributed by atoms with Gasteiger partial charge in [-0.25, -0.2) is 9.78 Å². The van der Waals surface area contributed by atoms with Gasteiger partial charge in [-0.2, -0.15) is 0 Å². The van der Waals surface area contributed by atoms with Crippen LogP contribution < -0.4 is 5.32 Å². The van der Waals surface area contributed by atoms with Crippen molar-refractivity contribution >= 4 is 40.0 Å². The maximum absolute atomic E-state index is 11.7. The molecule has 0 unspecified atom stereocenters. The topological polar surface area (TPSA) is 51.2 Å². The number of ether oxygens (including phenoxy) is 1. The van der Waals surface area contributed by atoms with Crippen molar-refractivity contribution in [3.05, 3.63) is 53.5 Å². The van der Waals surface area contributed by atoms with Gasteiger partial charge < -0.3 is 10.1 Å². The van der Waals surface area contributed by atoms with E-state index in [1.165, 1.54) is 10.8 Å². The van der Waals surface area contributed by atoms with E-state index in [0.29, 0.717) is 6.54 Å². The van der Waals surface area contributed by atoms with Crippen LogP contribution in [0.25, 0.3) is 10.8 Å². The quantitative estimate of drug-likeness (QED) is 0.659. The summed E-state index contributed by atoms with van der Waals surface area (Å²) in [4.78, 5) is 18.3. The Hall–Kier alpha value is -2.05. The van der Waals surface area contributed by atoms with Crippen LogP contribution >= 0.6 is 23.1 Å². The summed E-state index contributed by atoms with van der Waals surface area (Å²) in [5.74, 6) is 0. The Balaban J connectivity index is 1.60. The lowest BCUT2D eigenvalue weighted by atomic mass is 10.1. The molecule has 1 aromatic heterocycles. The van der Waals surface area contributed by atoms with Gasteiger partial charge in [-0.05, 0) is 43.7 Å². The second kappa shape index (κ2) is 7.45. The number of amides is 1. The standard InChI is InChI=1S/C19H20N2O2S2/c1-19(2,3)23-17(22)20-11-16-12-21-18(25-16)24-15-9-8-13-6-4-5-7-14(13)10-15/h4-10,12H,11H2,1-3H3,(H,20,22). The smallest absolute Gasteiger partial charge is 0.407 e. The van der Waals surface area contributed by atoms with Gasteiger partial charge in [0.1, 0.15) is 5.60 Å². The van der Waals surface area contributed by atoms with E-state index < -0.39 is 11.7 Å². The van der Waals surface area contributed by atoms with Crippen molar-refractivity contribution in [1.82, 2.24) is 10.3 Å². The predicted molar refractivity (Wildman–Crippen MR) is 103 cm³/mol. The molecule has 0 saturated carbocycles. The highest BCUT2D eigenvalue weighted by atomic mass is 32.2. The normalized spacial score (nSPS) is 11.5. The summed E-state index contributed by atoms with van der Waals surface area (Å²) < 4.78 is 6.19. The zero-order valence-corrected chi connectivity index (χ0v) is 16.0. The van der Waals surface area contributed by atoms with Crippen LogP contribution in [0.3, 0.4) is 0 Å². The number of hydrogen-bond acceptors (Lipinski definition) is 5. The molecule has 0 aliphatic heterocycles. The first-order valence-corrected chi connectivity index (χ1v) is 9.60. The van der Waals surface area contributed by atoms with Crippen LogP contribution in [-0.2, 0) is 11.3 Å². The zero-order valence-electron chi connectivity index (χ0n) is 14.4. The van der Waals surface area contributed by atoms with Crippen LogP contribution in [0.2, 0.25) is 0 Å². The van der Waals surface area contributed by atoms with Crippen LogP contribution in [0.5, 0.6) is 0 Å². The average molecular weight is 373 g/mol. The Morgan fingerprint density at radius 1 is 1.20 bits per heavy atom. The van der Waals surface area contributed by atoms with E-state index in [0.717, 1.165) is 14.1 Å². The maximum Gasteiger partial charge on any atom is 0.407 e. The lowest BCUT2D eigenvalue weighted by Gasteiger charge is -2.19. The largest absolute Gasteiger partial charge is 0.444 e. The first kappa shape index (κ1) is 17.8. The number of fused-ring (bicyclic) bond motifs is 1. The highest BCUT2D eigenvalue weighted by molar-refractivity contribution is 8.01. The molecule has 1 N–H and O–H groups in total. The summed E-state index contributed by atoms with van der Waals surface area (Å²) >= 11 is 3.21. The molecular formula is C19H20N2O2S2. The number of hydrogen-bond donors (Lipinski definition) is 1. The van der Waals surface area contributed by atoms with Gasteiger partial charge in [0.05, 0.1) is 6.54 Å². The fourth-order valence-electron chi connectivity index (χ4n) is 2.22. The Kier molecular flexibility index (Phi) is 5.30. The van der Waals surface area contributed by atoms with E-state index in [9.17, 15) is 4.79 Å². The lowest BCUT2D eigenvalue weighted by Crippen LogP contribution is -2.31. The third kappa shape index (κ3) is 5.21. The fourth-order valence-corrected chi connectivity index (χ4v) is 4.21. The molecule has 6 heteroatoms. The first-order chi connectivity index (χ1) is 11.9. The summed E-state index contributed by atoms with van der Waals surface area (Å²) in [6.45, 7) is 5.96. The summed E-state index contributed by atoms with van der Waals surface area (Å²) in [7, 11) is 0. The van der Waals surface area contributed by atoms with E-state index >= 15 is 0 Å². The average Bonchev–Trinajstić information content (AvgIpc) is 2.99. The Labute approximate surface area is 155 Å². The molecule has 25 heavy (non-hydrogen) atoms. The molecule has 0 atom stereocenters. The van der Waals surface area contributed by atoms with Gasteiger partial charge in [0.2, 0.25) is 0 Å². The van der Waals surface area contributed by atoms with Crippen molar-refractivity contribution in [2.75, 3.05) is 0 Å². The highest BCUT2D eigenvalue weighted by Gasteiger charge is 2.16. The molecule has 0 bridgehead atoms. The van der Waals surface area contributed by atoms with Crippen molar-refractivity contribution in [3.8, 4) is 0 Å². The van der Waals surface area contributed by atoms with Crippen LogP contribution in [0.1, 0.15) is 25.6 Å². The highest BCUT2D eigenvalue weighted by Crippen LogP contribution is 2.32. The molecule has 2 aromatic carbocycles. The molecule has 0 aliphatic carbocycles. The molecule has 0 radical (unpaired) electrons. The van der Waals surface area contributed by atoms with E-state index in [1.54, 1.807) is 29.3 Å². The van der Waals surface area contributed by atoms with Crippen LogP contribution in [-0.4, -0.2) is 16.7 Å². The van der Waals surface area contributed by atoms with Crippen molar-refractivity contribution < 1.29 is 9.53 Å². The maximum atomic E-state index is 11.7. The van der Waals surface area contributed by atoms with E-state index in [2.05, 4.69) is 40.6 Å². The van der Waals surface area contributed by atoms with Crippen molar-refractivity contribution in [2.45, 2.75) is 42.2 Å². The number of rotatable bonds is 4. The third-order valence-electron chi connectivity index (χ3n) is 3.26. The van der Waals surface area contributed by atoms with Crippen molar-refractivity contribution in [3.63, 3.8) is 0 Å². The Morgan fingerprint density at radius 3 is 2.72 bits per heavy atom. The summed E-state index contributed by atoms with van der Waals surface area (Å²) in [6.07, 6.45) is 1.38. The molecular weight excluding hydrogens is 352 g/mol. The fraction of sp³-hybridized carbons (Fsp3) is 0.263. The zero-order chi connectivity index (χ0) is 17.9. The number of benzene rings is 2. The van der Waals surface area contributed by atoms with Crippen LogP contribution in [0.4, 0.5) is 4.79 Å². The molecule has 0 saturated heterocycles. The Morgan fingerprint density at radius 2 is 1.96 bits per heavy atom. The monoisotopic (exact) mass is 372 g/mol. The minimum atomic E-state index is -0.491. The molecule has 3 aromatic rings. The number of nitrogens with one attached hydrogen (secondary N) is 1. The molecule has 1 amide bonds. The van der Waals surface area contributed by atoms with E-state index in [1.807, 2.05) is 32.9 Å². The van der Waals surface area contributed by atoms with Crippen molar-refractivity contribution in [2.24, 2.45) is 0 Å². The van der Waals surface area contributed by atoms with Crippen molar-refractivity contribution in [1.29, 1.82) is 0 Å². The predicted octanol–water partition coefficient (Wildman–Crippen LogP) is 5.47. The molecule has 0 fully saturated rings. The van der Waals surface area contributed by atoms with Gasteiger partial charge in [0, 0.05) is 16.0 Å². The SMILES string of the molecule is CC(C)(C)OC(=O)NCc1cnc(Sc2ccc3ccccc3c2)s1. The Bertz CT molecular complexity index is 884. The first-order valence-electron chi connectivity index (χ1n) is 7.97. The number of carbonyl (C=O) groups excluding carboxylic acids is 1. The third-order valence-corrected chi connectivity index (χ3v) is 5.33. The molecule has 1 heterocycles. The molecule has 3 rings (SSSR count). The van der Waals surface area contributed by atoms with Crippen LogP contribution in [0, 0.1) is 0 Å². The molecule has 130 valence electrons. The van der Waals surface area contributed by atoms with Gasteiger partial charge in [0.25, 0.3) is 0 Å². The minimum Gasteiger partial charge on any atom is -0.444 e. The van der Waals surface area contributed by atoms with Gasteiger partial charge in [0.15, 0.2) is 4.34 Å². The van der Waals surface area contributed by atoms with Gasteiger partial charge in [-0.1, -0.05) is 42.1 Å². The number of alkyl carbamates (subject to hydrolysis) is 1. The second-order valence-electron chi connectivity index (χ2n) is 6.56. The molecule has 4 nitrogen and oxygen atoms in total. The lowest BCUT2D eigenvalue weighted by molar-refractivity contribution is 0.0524. The molecule has 0 aliphatic rings. The van der Waals surface area contributed by atoms with Gasteiger partial charge in [-0.3, -0.25) is 0 Å².